The van der Waals surface area contributed by atoms with Crippen molar-refractivity contribution in [2.45, 2.75) is 26.8 Å². The van der Waals surface area contributed by atoms with Gasteiger partial charge in [-0.1, -0.05) is 36.4 Å². The minimum atomic E-state index is -0.0533. The first-order valence-corrected chi connectivity index (χ1v) is 9.77. The third-order valence-electron chi connectivity index (χ3n) is 5.26. The van der Waals surface area contributed by atoms with Gasteiger partial charge in [-0.15, -0.1) is 5.10 Å². The summed E-state index contributed by atoms with van der Waals surface area (Å²) in [5, 5.41) is 11.1. The number of aromatic nitrogens is 5. The van der Waals surface area contributed by atoms with Crippen LogP contribution in [0.2, 0.25) is 0 Å². The van der Waals surface area contributed by atoms with Crippen molar-refractivity contribution in [3.05, 3.63) is 89.5 Å². The molecule has 0 bridgehead atoms. The van der Waals surface area contributed by atoms with E-state index < -0.39 is 0 Å². The van der Waals surface area contributed by atoms with Crippen LogP contribution in [0, 0.1) is 13.8 Å². The fraction of sp³-hybridized carbons (Fsp3) is 0.217. The van der Waals surface area contributed by atoms with E-state index in [1.807, 2.05) is 56.3 Å². The maximum absolute atomic E-state index is 12.9. The molecule has 152 valence electrons. The number of benzene rings is 2. The van der Waals surface area contributed by atoms with E-state index in [0.717, 1.165) is 17.1 Å². The molecule has 0 aliphatic rings. The van der Waals surface area contributed by atoms with E-state index in [0.29, 0.717) is 11.3 Å². The highest BCUT2D eigenvalue weighted by atomic mass is 16.5. The Morgan fingerprint density at radius 3 is 2.60 bits per heavy atom. The molecule has 2 heterocycles. The highest BCUT2D eigenvalue weighted by Gasteiger charge is 2.20. The van der Waals surface area contributed by atoms with Gasteiger partial charge in [0.15, 0.2) is 6.61 Å². The average molecular weight is 401 g/mol. The van der Waals surface area contributed by atoms with Crippen LogP contribution in [0.25, 0.3) is 5.69 Å². The van der Waals surface area contributed by atoms with Crippen molar-refractivity contribution in [3.63, 3.8) is 0 Å². The highest BCUT2D eigenvalue weighted by molar-refractivity contribution is 5.98. The van der Waals surface area contributed by atoms with E-state index in [9.17, 15) is 4.79 Å². The molecule has 0 saturated carbocycles. The topological polar surface area (TPSA) is 74.8 Å². The number of nitrogens with zero attached hydrogens (tertiary/aromatic N) is 5. The fourth-order valence-corrected chi connectivity index (χ4v) is 3.76. The van der Waals surface area contributed by atoms with E-state index in [2.05, 4.69) is 39.1 Å². The summed E-state index contributed by atoms with van der Waals surface area (Å²) in [6, 6.07) is 19.7. The molecular formula is C23H23N5O2. The lowest BCUT2D eigenvalue weighted by Crippen LogP contribution is -2.14. The van der Waals surface area contributed by atoms with E-state index in [1.165, 1.54) is 16.6 Å². The van der Waals surface area contributed by atoms with Crippen LogP contribution in [-0.2, 0) is 0 Å². The Balaban J connectivity index is 1.50. The molecule has 1 unspecified atom stereocenters. The summed E-state index contributed by atoms with van der Waals surface area (Å²) in [4.78, 5) is 12.9. The highest BCUT2D eigenvalue weighted by Crippen LogP contribution is 2.26. The number of Topliss-reactive ketones (excluding diaryl/α,β-unsaturated/α-hetero) is 1. The molecule has 30 heavy (non-hydrogen) atoms. The van der Waals surface area contributed by atoms with E-state index >= 15 is 0 Å². The number of tetrazole rings is 1. The summed E-state index contributed by atoms with van der Waals surface area (Å²) in [7, 11) is 0. The van der Waals surface area contributed by atoms with Gasteiger partial charge in [-0.3, -0.25) is 4.79 Å². The molecule has 7 heteroatoms. The predicted molar refractivity (Wildman–Crippen MR) is 113 cm³/mol. The first kappa shape index (κ1) is 19.6. The van der Waals surface area contributed by atoms with Gasteiger partial charge in [0.05, 0.1) is 11.7 Å². The second kappa shape index (κ2) is 8.32. The van der Waals surface area contributed by atoms with E-state index in [1.54, 1.807) is 6.07 Å². The van der Waals surface area contributed by atoms with Crippen LogP contribution >= 0.6 is 0 Å². The maximum atomic E-state index is 12.9. The van der Waals surface area contributed by atoms with Crippen LogP contribution in [0.5, 0.6) is 5.75 Å². The summed E-state index contributed by atoms with van der Waals surface area (Å²) < 4.78 is 9.50. The van der Waals surface area contributed by atoms with Gasteiger partial charge in [-0.2, -0.15) is 0 Å². The lowest BCUT2D eigenvalue weighted by Gasteiger charge is -2.19. The van der Waals surface area contributed by atoms with Crippen molar-refractivity contribution in [1.29, 1.82) is 0 Å². The van der Waals surface area contributed by atoms with Gasteiger partial charge in [-0.25, -0.2) is 4.68 Å². The Kier molecular flexibility index (Phi) is 5.43. The molecule has 0 amide bonds. The number of aryl methyl sites for hydroxylation is 1. The number of rotatable bonds is 7. The third kappa shape index (κ3) is 3.87. The molecule has 4 rings (SSSR count). The first-order valence-electron chi connectivity index (χ1n) is 9.77. The van der Waals surface area contributed by atoms with Crippen LogP contribution in [0.4, 0.5) is 0 Å². The smallest absolute Gasteiger partial charge is 0.202 e. The standard InChI is InChI=1S/C23H23N5O2/c1-16-12-22(18(3)28(16)17(2)19-8-5-4-6-9-19)23(29)14-30-21-11-7-10-20(13-21)27-15-24-25-26-27/h4-13,15,17H,14H2,1-3H3. The number of hydrogen-bond acceptors (Lipinski definition) is 5. The predicted octanol–water partition coefficient (Wildman–Crippen LogP) is 3.95. The normalized spacial score (nSPS) is 12.0. The molecular weight excluding hydrogens is 378 g/mol. The van der Waals surface area contributed by atoms with Crippen LogP contribution < -0.4 is 4.74 Å². The zero-order valence-electron chi connectivity index (χ0n) is 17.2. The van der Waals surface area contributed by atoms with Crippen molar-refractivity contribution in [2.24, 2.45) is 0 Å². The number of ether oxygens (including phenoxy) is 1. The molecule has 2 aromatic heterocycles. The lowest BCUT2D eigenvalue weighted by atomic mass is 10.1. The van der Waals surface area contributed by atoms with Crippen molar-refractivity contribution >= 4 is 5.78 Å². The number of hydrogen-bond donors (Lipinski definition) is 0. The molecule has 1 atom stereocenters. The Morgan fingerprint density at radius 1 is 1.07 bits per heavy atom. The zero-order chi connectivity index (χ0) is 21.1. The van der Waals surface area contributed by atoms with E-state index in [4.69, 9.17) is 4.74 Å². The number of carbonyl (C=O) groups is 1. The minimum absolute atomic E-state index is 0.0386. The first-order chi connectivity index (χ1) is 14.5. The van der Waals surface area contributed by atoms with Crippen LogP contribution in [-0.4, -0.2) is 37.2 Å². The number of carbonyl (C=O) groups excluding carboxylic acids is 1. The molecule has 4 aromatic rings. The Labute approximate surface area is 174 Å². The zero-order valence-corrected chi connectivity index (χ0v) is 17.2. The van der Waals surface area contributed by atoms with E-state index in [-0.39, 0.29) is 18.4 Å². The molecule has 0 radical (unpaired) electrons. The summed E-state index contributed by atoms with van der Waals surface area (Å²) in [5.41, 5.74) is 4.65. The molecule has 0 aliphatic heterocycles. The second-order valence-corrected chi connectivity index (χ2v) is 7.21. The fourth-order valence-electron chi connectivity index (χ4n) is 3.76. The second-order valence-electron chi connectivity index (χ2n) is 7.21. The van der Waals surface area contributed by atoms with Gasteiger partial charge >= 0.3 is 0 Å². The summed E-state index contributed by atoms with van der Waals surface area (Å²) in [5.74, 6) is 0.533. The van der Waals surface area contributed by atoms with Crippen molar-refractivity contribution in [1.82, 2.24) is 24.8 Å². The summed E-state index contributed by atoms with van der Waals surface area (Å²) >= 11 is 0. The SMILES string of the molecule is Cc1cc(C(=O)COc2cccc(-n3cnnn3)c2)c(C)n1C(C)c1ccccc1. The molecule has 7 nitrogen and oxygen atoms in total. The number of ketones is 1. The van der Waals surface area contributed by atoms with Gasteiger partial charge in [0.2, 0.25) is 5.78 Å². The van der Waals surface area contributed by atoms with Crippen molar-refractivity contribution < 1.29 is 9.53 Å². The van der Waals surface area contributed by atoms with Gasteiger partial charge in [0.25, 0.3) is 0 Å². The lowest BCUT2D eigenvalue weighted by molar-refractivity contribution is 0.0920. The molecule has 0 N–H and O–H groups in total. The molecule has 0 saturated heterocycles. The molecule has 2 aromatic carbocycles. The Morgan fingerprint density at radius 2 is 1.87 bits per heavy atom. The van der Waals surface area contributed by atoms with Crippen LogP contribution in [0.3, 0.4) is 0 Å². The van der Waals surface area contributed by atoms with Gasteiger partial charge in [-0.05, 0) is 55.0 Å². The average Bonchev–Trinajstić information content (AvgIpc) is 3.41. The van der Waals surface area contributed by atoms with Crippen molar-refractivity contribution in [2.75, 3.05) is 6.61 Å². The molecule has 0 aliphatic carbocycles. The minimum Gasteiger partial charge on any atom is -0.485 e. The maximum Gasteiger partial charge on any atom is 0.202 e. The molecule has 0 fully saturated rings. The quantitative estimate of drug-likeness (QED) is 0.438. The van der Waals surface area contributed by atoms with Gasteiger partial charge in [0.1, 0.15) is 12.1 Å². The third-order valence-corrected chi connectivity index (χ3v) is 5.26. The summed E-state index contributed by atoms with van der Waals surface area (Å²) in [6.07, 6.45) is 1.51. The molecule has 0 spiro atoms. The van der Waals surface area contributed by atoms with Crippen molar-refractivity contribution in [3.8, 4) is 11.4 Å². The van der Waals surface area contributed by atoms with Crippen LogP contribution in [0.1, 0.15) is 40.3 Å². The van der Waals surface area contributed by atoms with Gasteiger partial charge in [0, 0.05) is 23.0 Å². The monoisotopic (exact) mass is 401 g/mol. The largest absolute Gasteiger partial charge is 0.485 e. The Bertz CT molecular complexity index is 1150. The van der Waals surface area contributed by atoms with Gasteiger partial charge < -0.3 is 9.30 Å². The summed E-state index contributed by atoms with van der Waals surface area (Å²) in [6.45, 7) is 6.12. The Hall–Kier alpha value is -3.74. The van der Waals surface area contributed by atoms with Crippen LogP contribution in [0.15, 0.2) is 67.0 Å².